The van der Waals surface area contributed by atoms with E-state index in [1.165, 1.54) is 24.3 Å². The standard InChI is InChI=1S/C10H13O7P/c11-5-8-1-3-10(4-2-8)17-18(14,15)16-7-9(13)6-12/h1-5,9,12-13H,6-7H2,(H,14,15). The summed E-state index contributed by atoms with van der Waals surface area (Å²) in [7, 11) is -4.36. The monoisotopic (exact) mass is 276 g/mol. The van der Waals surface area contributed by atoms with Crippen LogP contribution in [0, 0.1) is 0 Å². The molecule has 0 radical (unpaired) electrons. The Morgan fingerprint density at radius 1 is 1.33 bits per heavy atom. The van der Waals surface area contributed by atoms with Gasteiger partial charge in [-0.3, -0.25) is 14.2 Å². The lowest BCUT2D eigenvalue weighted by atomic mass is 10.2. The second-order valence-electron chi connectivity index (χ2n) is 3.38. The van der Waals surface area contributed by atoms with Crippen molar-refractivity contribution >= 4 is 14.1 Å². The summed E-state index contributed by atoms with van der Waals surface area (Å²) in [4.78, 5) is 19.7. The number of phosphoric ester groups is 1. The van der Waals surface area contributed by atoms with Crippen LogP contribution in [0.4, 0.5) is 0 Å². The van der Waals surface area contributed by atoms with E-state index in [2.05, 4.69) is 9.05 Å². The van der Waals surface area contributed by atoms with Gasteiger partial charge in [0.2, 0.25) is 0 Å². The molecule has 0 saturated heterocycles. The minimum atomic E-state index is -4.36. The van der Waals surface area contributed by atoms with E-state index in [0.29, 0.717) is 11.8 Å². The number of aldehydes is 1. The fraction of sp³-hybridized carbons (Fsp3) is 0.300. The van der Waals surface area contributed by atoms with Gasteiger partial charge in [0.15, 0.2) is 0 Å². The summed E-state index contributed by atoms with van der Waals surface area (Å²) >= 11 is 0. The van der Waals surface area contributed by atoms with Gasteiger partial charge in [-0.15, -0.1) is 0 Å². The topological polar surface area (TPSA) is 113 Å². The van der Waals surface area contributed by atoms with Gasteiger partial charge in [0.1, 0.15) is 18.1 Å². The summed E-state index contributed by atoms with van der Waals surface area (Å²) in [5.74, 6) is 0.0462. The number of aliphatic hydroxyl groups is 2. The Bertz CT molecular complexity index is 430. The van der Waals surface area contributed by atoms with Gasteiger partial charge in [-0.05, 0) is 24.3 Å². The summed E-state index contributed by atoms with van der Waals surface area (Å²) in [6, 6.07) is 5.48. The predicted octanol–water partition coefficient (Wildman–Crippen LogP) is 0.348. The van der Waals surface area contributed by atoms with Crippen LogP contribution in [0.2, 0.25) is 0 Å². The Hall–Kier alpha value is -1.24. The molecule has 0 bridgehead atoms. The van der Waals surface area contributed by atoms with Crippen LogP contribution >= 0.6 is 7.82 Å². The lowest BCUT2D eigenvalue weighted by molar-refractivity contribution is 0.0430. The van der Waals surface area contributed by atoms with Crippen molar-refractivity contribution in [3.8, 4) is 5.75 Å². The van der Waals surface area contributed by atoms with Crippen molar-refractivity contribution in [2.75, 3.05) is 13.2 Å². The van der Waals surface area contributed by atoms with Gasteiger partial charge in [0.25, 0.3) is 0 Å². The van der Waals surface area contributed by atoms with Gasteiger partial charge in [0, 0.05) is 5.56 Å². The Morgan fingerprint density at radius 2 is 1.94 bits per heavy atom. The summed E-state index contributed by atoms with van der Waals surface area (Å²) in [6.07, 6.45) is -0.636. The van der Waals surface area contributed by atoms with E-state index in [4.69, 9.17) is 10.2 Å². The molecule has 3 N–H and O–H groups in total. The van der Waals surface area contributed by atoms with Gasteiger partial charge < -0.3 is 14.7 Å². The Kier molecular flexibility index (Phi) is 5.46. The van der Waals surface area contributed by atoms with Crippen LogP contribution in [0.3, 0.4) is 0 Å². The third-order valence-corrected chi connectivity index (χ3v) is 2.79. The van der Waals surface area contributed by atoms with E-state index in [9.17, 15) is 14.3 Å². The van der Waals surface area contributed by atoms with E-state index in [1.807, 2.05) is 0 Å². The average molecular weight is 276 g/mol. The predicted molar refractivity (Wildman–Crippen MR) is 61.3 cm³/mol. The van der Waals surface area contributed by atoms with Crippen molar-refractivity contribution < 1.29 is 33.5 Å². The molecule has 0 aromatic heterocycles. The summed E-state index contributed by atoms with van der Waals surface area (Å²) < 4.78 is 20.5. The molecule has 2 atom stereocenters. The van der Waals surface area contributed by atoms with Crippen LogP contribution in [0.15, 0.2) is 24.3 Å². The van der Waals surface area contributed by atoms with Gasteiger partial charge in [0.05, 0.1) is 13.2 Å². The summed E-state index contributed by atoms with van der Waals surface area (Å²) in [5, 5.41) is 17.5. The number of hydrogen-bond acceptors (Lipinski definition) is 6. The quantitative estimate of drug-likeness (QED) is 0.486. The molecule has 1 aromatic carbocycles. The number of aliphatic hydroxyl groups excluding tert-OH is 2. The van der Waals surface area contributed by atoms with E-state index < -0.39 is 27.1 Å². The van der Waals surface area contributed by atoms with E-state index >= 15 is 0 Å². The molecule has 0 amide bonds. The van der Waals surface area contributed by atoms with Gasteiger partial charge in [-0.1, -0.05) is 0 Å². The Balaban J connectivity index is 2.58. The molecular formula is C10H13O7P. The molecule has 1 aromatic rings. The molecule has 1 rings (SSSR count). The van der Waals surface area contributed by atoms with Crippen LogP contribution < -0.4 is 4.52 Å². The van der Waals surface area contributed by atoms with E-state index in [0.717, 1.165) is 0 Å². The maximum atomic E-state index is 11.4. The molecule has 18 heavy (non-hydrogen) atoms. The molecule has 2 unspecified atom stereocenters. The van der Waals surface area contributed by atoms with Crippen LogP contribution in [-0.4, -0.2) is 40.7 Å². The largest absolute Gasteiger partial charge is 0.527 e. The first-order valence-electron chi connectivity index (χ1n) is 4.98. The summed E-state index contributed by atoms with van der Waals surface area (Å²) in [6.45, 7) is -1.12. The molecule has 0 spiro atoms. The normalized spacial score (nSPS) is 15.7. The van der Waals surface area contributed by atoms with Crippen LogP contribution in [0.5, 0.6) is 5.75 Å². The Labute approximate surface area is 103 Å². The highest BCUT2D eigenvalue weighted by molar-refractivity contribution is 7.47. The van der Waals surface area contributed by atoms with Crippen LogP contribution in [0.25, 0.3) is 0 Å². The highest BCUT2D eigenvalue weighted by atomic mass is 31.2. The fourth-order valence-corrected chi connectivity index (χ4v) is 1.80. The van der Waals surface area contributed by atoms with Crippen molar-refractivity contribution in [3.05, 3.63) is 29.8 Å². The molecule has 0 fully saturated rings. The van der Waals surface area contributed by atoms with Crippen LogP contribution in [0.1, 0.15) is 10.4 Å². The molecule has 0 aliphatic heterocycles. The second kappa shape index (κ2) is 6.63. The minimum Gasteiger partial charge on any atom is -0.404 e. The SMILES string of the molecule is O=Cc1ccc(OP(=O)(O)OCC(O)CO)cc1. The van der Waals surface area contributed by atoms with Gasteiger partial charge in [-0.2, -0.15) is 0 Å². The van der Waals surface area contributed by atoms with Gasteiger partial charge >= 0.3 is 7.82 Å². The molecule has 0 heterocycles. The first-order chi connectivity index (χ1) is 8.46. The smallest absolute Gasteiger partial charge is 0.404 e. The zero-order valence-electron chi connectivity index (χ0n) is 9.30. The van der Waals surface area contributed by atoms with E-state index in [-0.39, 0.29) is 5.75 Å². The first-order valence-corrected chi connectivity index (χ1v) is 6.47. The lowest BCUT2D eigenvalue weighted by Gasteiger charge is -2.14. The molecule has 8 heteroatoms. The molecule has 7 nitrogen and oxygen atoms in total. The van der Waals surface area contributed by atoms with Crippen molar-refractivity contribution in [2.24, 2.45) is 0 Å². The molecule has 100 valence electrons. The average Bonchev–Trinajstić information content (AvgIpc) is 2.36. The number of hydrogen-bond donors (Lipinski definition) is 3. The zero-order chi connectivity index (χ0) is 13.6. The van der Waals surface area contributed by atoms with Crippen LogP contribution in [-0.2, 0) is 9.09 Å². The second-order valence-corrected chi connectivity index (χ2v) is 4.76. The third-order valence-electron chi connectivity index (χ3n) is 1.88. The number of carbonyl (C=O) groups is 1. The third kappa shape index (κ3) is 4.95. The zero-order valence-corrected chi connectivity index (χ0v) is 10.2. The minimum absolute atomic E-state index is 0.0462. The molecule has 0 aliphatic carbocycles. The van der Waals surface area contributed by atoms with Crippen molar-refractivity contribution in [2.45, 2.75) is 6.10 Å². The van der Waals surface area contributed by atoms with Crippen molar-refractivity contribution in [1.82, 2.24) is 0 Å². The summed E-state index contributed by atoms with van der Waals surface area (Å²) in [5.41, 5.74) is 0.395. The molecule has 0 aliphatic rings. The highest BCUT2D eigenvalue weighted by Crippen LogP contribution is 2.43. The number of phosphoric acid groups is 1. The lowest BCUT2D eigenvalue weighted by Crippen LogP contribution is -2.19. The number of benzene rings is 1. The number of rotatable bonds is 7. The van der Waals surface area contributed by atoms with Crippen molar-refractivity contribution in [1.29, 1.82) is 0 Å². The molecule has 0 saturated carbocycles. The number of carbonyl (C=O) groups excluding carboxylic acids is 1. The molecular weight excluding hydrogens is 263 g/mol. The maximum Gasteiger partial charge on any atom is 0.527 e. The van der Waals surface area contributed by atoms with Crippen molar-refractivity contribution in [3.63, 3.8) is 0 Å². The first kappa shape index (κ1) is 14.8. The highest BCUT2D eigenvalue weighted by Gasteiger charge is 2.24. The maximum absolute atomic E-state index is 11.4. The van der Waals surface area contributed by atoms with Gasteiger partial charge in [-0.25, -0.2) is 4.57 Å². The Morgan fingerprint density at radius 3 is 2.44 bits per heavy atom. The fourth-order valence-electron chi connectivity index (χ4n) is 1.000. The van der Waals surface area contributed by atoms with E-state index in [1.54, 1.807) is 0 Å².